The van der Waals surface area contributed by atoms with Crippen LogP contribution in [0.1, 0.15) is 18.4 Å². The van der Waals surface area contributed by atoms with Gasteiger partial charge in [-0.25, -0.2) is 0 Å². The molecule has 0 bridgehead atoms. The van der Waals surface area contributed by atoms with Gasteiger partial charge in [0.25, 0.3) is 0 Å². The molecule has 1 atom stereocenters. The first-order valence-electron chi connectivity index (χ1n) is 7.19. The zero-order chi connectivity index (χ0) is 14.8. The first-order chi connectivity index (χ1) is 10.1. The van der Waals surface area contributed by atoms with Crippen molar-refractivity contribution in [2.45, 2.75) is 12.8 Å². The Labute approximate surface area is 132 Å². The van der Waals surface area contributed by atoms with Crippen LogP contribution in [0.3, 0.4) is 0 Å². The lowest BCUT2D eigenvalue weighted by atomic mass is 9.97. The van der Waals surface area contributed by atoms with Crippen LogP contribution in [0.5, 0.6) is 5.75 Å². The molecule has 2 heterocycles. The molecule has 1 aromatic carbocycles. The van der Waals surface area contributed by atoms with Crippen LogP contribution in [0.2, 0.25) is 0 Å². The molecule has 2 aliphatic rings. The maximum Gasteiger partial charge on any atom is 0.307 e. The van der Waals surface area contributed by atoms with Gasteiger partial charge in [0.2, 0.25) is 0 Å². The van der Waals surface area contributed by atoms with Crippen LogP contribution in [0, 0.1) is 5.92 Å². The number of likely N-dealkylation sites (tertiary alicyclic amines) is 1. The van der Waals surface area contributed by atoms with Crippen LogP contribution in [-0.4, -0.2) is 42.2 Å². The van der Waals surface area contributed by atoms with Gasteiger partial charge in [0.05, 0.1) is 5.92 Å². The highest BCUT2D eigenvalue weighted by Gasteiger charge is 2.26. The van der Waals surface area contributed by atoms with Crippen molar-refractivity contribution >= 4 is 28.0 Å². The maximum absolute atomic E-state index is 11.1. The van der Waals surface area contributed by atoms with E-state index in [4.69, 9.17) is 9.84 Å². The second kappa shape index (κ2) is 6.20. The normalized spacial score (nSPS) is 22.1. The second-order valence-corrected chi connectivity index (χ2v) is 6.60. The lowest BCUT2D eigenvalue weighted by Crippen LogP contribution is -2.40. The number of rotatable bonds is 3. The fourth-order valence-electron chi connectivity index (χ4n) is 2.97. The number of aliphatic carboxylic acids is 1. The molecule has 2 aliphatic heterocycles. The summed E-state index contributed by atoms with van der Waals surface area (Å²) in [6, 6.07) is 5.98. The first-order valence-corrected chi connectivity index (χ1v) is 7.98. The zero-order valence-electron chi connectivity index (χ0n) is 11.7. The van der Waals surface area contributed by atoms with Gasteiger partial charge < -0.3 is 9.84 Å². The number of halogens is 1. The quantitative estimate of drug-likeness (QED) is 0.909. The molecule has 1 saturated heterocycles. The SMILES string of the molecule is O=C(O)C1CCCN(CC2=Cc3cc(Br)ccc3OC2)C1. The first kappa shape index (κ1) is 14.6. The van der Waals surface area contributed by atoms with Gasteiger partial charge in [0.15, 0.2) is 0 Å². The van der Waals surface area contributed by atoms with Gasteiger partial charge in [-0.2, -0.15) is 0 Å². The van der Waals surface area contributed by atoms with Gasteiger partial charge in [0, 0.05) is 23.1 Å². The van der Waals surface area contributed by atoms with Crippen LogP contribution >= 0.6 is 15.9 Å². The van der Waals surface area contributed by atoms with Gasteiger partial charge in [-0.3, -0.25) is 9.69 Å². The van der Waals surface area contributed by atoms with Gasteiger partial charge in [0.1, 0.15) is 12.4 Å². The van der Waals surface area contributed by atoms with E-state index in [1.807, 2.05) is 18.2 Å². The lowest BCUT2D eigenvalue weighted by molar-refractivity contribution is -0.143. The highest BCUT2D eigenvalue weighted by Crippen LogP contribution is 2.29. The van der Waals surface area contributed by atoms with Gasteiger partial charge in [-0.05, 0) is 49.2 Å². The standard InChI is InChI=1S/C16H18BrNO3/c17-14-3-4-15-13(7-14)6-11(10-21-15)8-18-5-1-2-12(9-18)16(19)20/h3-4,6-7,12H,1-2,5,8-10H2,(H,19,20). The van der Waals surface area contributed by atoms with Crippen molar-refractivity contribution in [3.63, 3.8) is 0 Å². The van der Waals surface area contributed by atoms with Crippen LogP contribution in [0.15, 0.2) is 28.2 Å². The van der Waals surface area contributed by atoms with Crippen LogP contribution in [0.25, 0.3) is 6.08 Å². The van der Waals surface area contributed by atoms with Crippen molar-refractivity contribution in [3.05, 3.63) is 33.8 Å². The van der Waals surface area contributed by atoms with Crippen molar-refractivity contribution in [2.24, 2.45) is 5.92 Å². The number of carboxylic acid groups (broad SMARTS) is 1. The van der Waals surface area contributed by atoms with Crippen molar-refractivity contribution in [1.29, 1.82) is 0 Å². The zero-order valence-corrected chi connectivity index (χ0v) is 13.3. The molecule has 5 heteroatoms. The molecule has 112 valence electrons. The van der Waals surface area contributed by atoms with E-state index >= 15 is 0 Å². The number of nitrogens with zero attached hydrogens (tertiary/aromatic N) is 1. The molecule has 21 heavy (non-hydrogen) atoms. The van der Waals surface area contributed by atoms with E-state index in [9.17, 15) is 4.79 Å². The number of fused-ring (bicyclic) bond motifs is 1. The van der Waals surface area contributed by atoms with Crippen molar-refractivity contribution in [3.8, 4) is 5.75 Å². The van der Waals surface area contributed by atoms with Gasteiger partial charge >= 0.3 is 5.97 Å². The molecule has 1 unspecified atom stereocenters. The van der Waals surface area contributed by atoms with Crippen LogP contribution in [-0.2, 0) is 4.79 Å². The van der Waals surface area contributed by atoms with Gasteiger partial charge in [-0.15, -0.1) is 0 Å². The predicted molar refractivity (Wildman–Crippen MR) is 84.4 cm³/mol. The molecular weight excluding hydrogens is 334 g/mol. The Kier molecular flexibility index (Phi) is 4.31. The van der Waals surface area contributed by atoms with Crippen LogP contribution in [0.4, 0.5) is 0 Å². The summed E-state index contributed by atoms with van der Waals surface area (Å²) in [7, 11) is 0. The Morgan fingerprint density at radius 3 is 3.14 bits per heavy atom. The molecule has 0 radical (unpaired) electrons. The molecule has 0 aromatic heterocycles. The number of carboxylic acids is 1. The Morgan fingerprint density at radius 2 is 2.33 bits per heavy atom. The average Bonchev–Trinajstić information content (AvgIpc) is 2.47. The maximum atomic E-state index is 11.1. The molecule has 0 spiro atoms. The highest BCUT2D eigenvalue weighted by atomic mass is 79.9. The summed E-state index contributed by atoms with van der Waals surface area (Å²) in [5.74, 6) is -0.00264. The molecule has 1 fully saturated rings. The third-order valence-corrected chi connectivity index (χ3v) is 4.52. The fourth-order valence-corrected chi connectivity index (χ4v) is 3.35. The van der Waals surface area contributed by atoms with Crippen molar-refractivity contribution in [1.82, 2.24) is 4.90 Å². The summed E-state index contributed by atoms with van der Waals surface area (Å²) >= 11 is 3.47. The molecule has 1 aromatic rings. The summed E-state index contributed by atoms with van der Waals surface area (Å²) in [5, 5.41) is 9.15. The summed E-state index contributed by atoms with van der Waals surface area (Å²) in [6.07, 6.45) is 3.90. The highest BCUT2D eigenvalue weighted by molar-refractivity contribution is 9.10. The number of piperidine rings is 1. The monoisotopic (exact) mass is 351 g/mol. The van der Waals surface area contributed by atoms with E-state index < -0.39 is 5.97 Å². The minimum Gasteiger partial charge on any atom is -0.489 e. The van der Waals surface area contributed by atoms with E-state index in [0.29, 0.717) is 13.2 Å². The van der Waals surface area contributed by atoms with E-state index in [1.54, 1.807) is 0 Å². The molecule has 0 amide bonds. The lowest BCUT2D eigenvalue weighted by Gasteiger charge is -2.32. The van der Waals surface area contributed by atoms with E-state index in [-0.39, 0.29) is 5.92 Å². The Balaban J connectivity index is 1.69. The summed E-state index contributed by atoms with van der Waals surface area (Å²) in [6.45, 7) is 2.98. The molecule has 0 saturated carbocycles. The topological polar surface area (TPSA) is 49.8 Å². The molecule has 0 aliphatic carbocycles. The Morgan fingerprint density at radius 1 is 1.48 bits per heavy atom. The number of benzene rings is 1. The minimum absolute atomic E-state index is 0.231. The predicted octanol–water partition coefficient (Wildman–Crippen LogP) is 3.02. The fraction of sp³-hybridized carbons (Fsp3) is 0.438. The Bertz CT molecular complexity index is 585. The smallest absolute Gasteiger partial charge is 0.307 e. The third kappa shape index (κ3) is 3.47. The van der Waals surface area contributed by atoms with Gasteiger partial charge in [-0.1, -0.05) is 15.9 Å². The summed E-state index contributed by atoms with van der Waals surface area (Å²) in [5.41, 5.74) is 2.28. The van der Waals surface area contributed by atoms with E-state index in [2.05, 4.69) is 26.9 Å². The largest absolute Gasteiger partial charge is 0.489 e. The molecular formula is C16H18BrNO3. The number of carbonyl (C=O) groups is 1. The number of hydrogen-bond donors (Lipinski definition) is 1. The van der Waals surface area contributed by atoms with E-state index in [1.165, 1.54) is 5.57 Å². The average molecular weight is 352 g/mol. The molecule has 1 N–H and O–H groups in total. The minimum atomic E-state index is -0.678. The second-order valence-electron chi connectivity index (χ2n) is 5.69. The van der Waals surface area contributed by atoms with Crippen molar-refractivity contribution < 1.29 is 14.6 Å². The molecule has 4 nitrogen and oxygen atoms in total. The number of hydrogen-bond acceptors (Lipinski definition) is 3. The van der Waals surface area contributed by atoms with Crippen molar-refractivity contribution in [2.75, 3.05) is 26.2 Å². The molecule has 3 rings (SSSR count). The number of ether oxygens (including phenoxy) is 1. The van der Waals surface area contributed by atoms with E-state index in [0.717, 1.165) is 41.7 Å². The Hall–Kier alpha value is -1.33. The van der Waals surface area contributed by atoms with Crippen LogP contribution < -0.4 is 4.74 Å². The summed E-state index contributed by atoms with van der Waals surface area (Å²) < 4.78 is 6.81. The third-order valence-electron chi connectivity index (χ3n) is 4.03. The summed E-state index contributed by atoms with van der Waals surface area (Å²) in [4.78, 5) is 13.3.